The Morgan fingerprint density at radius 2 is 2.00 bits per heavy atom. The minimum atomic E-state index is -0.384. The Morgan fingerprint density at radius 1 is 1.20 bits per heavy atom. The minimum absolute atomic E-state index is 0.196. The average molecular weight is 407 g/mol. The molecule has 0 bridgehead atoms. The summed E-state index contributed by atoms with van der Waals surface area (Å²) in [7, 11) is 1.73. The molecule has 1 saturated heterocycles. The standard InChI is InChI=1S/C25H31N3O2/c1-5-27-13-11-25(12-14-27)28-22(19-7-6-8-23(29-4)24(19)30-25)16-21(26-28)20-15-17(2)9-10-18(20)3/h6-10,15,22H,5,11-14,16H2,1-4H3/p+1/t22-/m0/s1. The molecule has 2 aromatic rings. The number of nitrogens with one attached hydrogen (secondary N) is 1. The van der Waals surface area contributed by atoms with E-state index in [1.807, 2.05) is 6.07 Å². The number of piperidine rings is 1. The van der Waals surface area contributed by atoms with Gasteiger partial charge in [0, 0.05) is 17.5 Å². The first kappa shape index (κ1) is 19.4. The number of methoxy groups -OCH3 is 1. The van der Waals surface area contributed by atoms with Crippen LogP contribution in [0.3, 0.4) is 0 Å². The van der Waals surface area contributed by atoms with Gasteiger partial charge >= 0.3 is 0 Å². The van der Waals surface area contributed by atoms with E-state index >= 15 is 0 Å². The van der Waals surface area contributed by atoms with Crippen molar-refractivity contribution < 1.29 is 14.4 Å². The second-order valence-corrected chi connectivity index (χ2v) is 8.96. The molecule has 2 aromatic carbocycles. The summed E-state index contributed by atoms with van der Waals surface area (Å²) in [4.78, 5) is 1.64. The lowest BCUT2D eigenvalue weighted by atomic mass is 9.89. The molecule has 1 spiro atoms. The van der Waals surface area contributed by atoms with E-state index in [4.69, 9.17) is 14.6 Å². The van der Waals surface area contributed by atoms with Crippen LogP contribution in [0.2, 0.25) is 0 Å². The molecule has 5 heteroatoms. The van der Waals surface area contributed by atoms with Crippen molar-refractivity contribution >= 4 is 5.71 Å². The van der Waals surface area contributed by atoms with Crippen LogP contribution in [0.15, 0.2) is 41.5 Å². The molecule has 0 aliphatic carbocycles. The number of hydrogen-bond acceptors (Lipinski definition) is 4. The van der Waals surface area contributed by atoms with Gasteiger partial charge in [-0.1, -0.05) is 29.8 Å². The number of hydrazone groups is 1. The van der Waals surface area contributed by atoms with Crippen molar-refractivity contribution in [2.45, 2.75) is 51.8 Å². The van der Waals surface area contributed by atoms with Crippen LogP contribution in [0.4, 0.5) is 0 Å². The maximum atomic E-state index is 6.81. The van der Waals surface area contributed by atoms with Crippen LogP contribution in [0.25, 0.3) is 0 Å². The first-order valence-electron chi connectivity index (χ1n) is 11.2. The smallest absolute Gasteiger partial charge is 0.209 e. The predicted molar refractivity (Wildman–Crippen MR) is 118 cm³/mol. The second-order valence-electron chi connectivity index (χ2n) is 8.96. The highest BCUT2D eigenvalue weighted by atomic mass is 16.5. The van der Waals surface area contributed by atoms with Gasteiger partial charge in [0.05, 0.1) is 51.3 Å². The molecule has 158 valence electrons. The minimum Gasteiger partial charge on any atom is -0.493 e. The third-order valence-corrected chi connectivity index (χ3v) is 7.15. The summed E-state index contributed by atoms with van der Waals surface area (Å²) in [5.41, 5.74) is 5.80. The highest BCUT2D eigenvalue weighted by Crippen LogP contribution is 2.52. The maximum absolute atomic E-state index is 6.81. The van der Waals surface area contributed by atoms with E-state index in [9.17, 15) is 0 Å². The number of nitrogens with zero attached hydrogens (tertiary/aromatic N) is 2. The van der Waals surface area contributed by atoms with Crippen LogP contribution in [0.1, 0.15) is 54.5 Å². The third kappa shape index (κ3) is 2.99. The van der Waals surface area contributed by atoms with E-state index in [0.29, 0.717) is 0 Å². The molecular weight excluding hydrogens is 374 g/mol. The van der Waals surface area contributed by atoms with Gasteiger partial charge in [-0.05, 0) is 38.5 Å². The Balaban J connectivity index is 1.60. The first-order chi connectivity index (χ1) is 14.5. The van der Waals surface area contributed by atoms with Gasteiger partial charge in [-0.2, -0.15) is 5.10 Å². The maximum Gasteiger partial charge on any atom is 0.209 e. The molecule has 0 saturated carbocycles. The molecule has 1 N–H and O–H groups in total. The Hall–Kier alpha value is -2.53. The zero-order valence-corrected chi connectivity index (χ0v) is 18.5. The van der Waals surface area contributed by atoms with Gasteiger partial charge < -0.3 is 14.4 Å². The lowest BCUT2D eigenvalue weighted by molar-refractivity contribution is -0.906. The number of quaternary nitrogens is 1. The lowest BCUT2D eigenvalue weighted by Crippen LogP contribution is -3.13. The fourth-order valence-corrected chi connectivity index (χ4v) is 5.32. The van der Waals surface area contributed by atoms with Crippen molar-refractivity contribution in [2.75, 3.05) is 26.7 Å². The van der Waals surface area contributed by atoms with Crippen LogP contribution in [-0.4, -0.2) is 43.2 Å². The van der Waals surface area contributed by atoms with Crippen LogP contribution in [-0.2, 0) is 0 Å². The highest BCUT2D eigenvalue weighted by molar-refractivity contribution is 6.03. The van der Waals surface area contributed by atoms with E-state index < -0.39 is 0 Å². The van der Waals surface area contributed by atoms with Crippen molar-refractivity contribution in [1.82, 2.24) is 5.01 Å². The third-order valence-electron chi connectivity index (χ3n) is 7.15. The molecule has 3 heterocycles. The molecule has 5 rings (SSSR count). The summed E-state index contributed by atoms with van der Waals surface area (Å²) in [6, 6.07) is 13.1. The number of fused-ring (bicyclic) bond motifs is 4. The fourth-order valence-electron chi connectivity index (χ4n) is 5.32. The quantitative estimate of drug-likeness (QED) is 0.850. The molecule has 0 aromatic heterocycles. The number of ether oxygens (including phenoxy) is 2. The van der Waals surface area contributed by atoms with Crippen molar-refractivity contribution in [2.24, 2.45) is 5.10 Å². The molecular formula is C25H32N3O2+. The van der Waals surface area contributed by atoms with E-state index in [2.05, 4.69) is 56.1 Å². The van der Waals surface area contributed by atoms with Gasteiger partial charge in [0.25, 0.3) is 0 Å². The molecule has 0 radical (unpaired) electrons. The van der Waals surface area contributed by atoms with E-state index in [-0.39, 0.29) is 11.8 Å². The zero-order valence-electron chi connectivity index (χ0n) is 18.5. The summed E-state index contributed by atoms with van der Waals surface area (Å²) in [5, 5.41) is 7.54. The molecule has 1 atom stereocenters. The van der Waals surface area contributed by atoms with Crippen LogP contribution < -0.4 is 14.4 Å². The molecule has 3 aliphatic heterocycles. The summed E-state index contributed by atoms with van der Waals surface area (Å²) in [5.74, 6) is 1.75. The number of hydrogen-bond donors (Lipinski definition) is 1. The summed E-state index contributed by atoms with van der Waals surface area (Å²) >= 11 is 0. The summed E-state index contributed by atoms with van der Waals surface area (Å²) in [6.45, 7) is 9.98. The van der Waals surface area contributed by atoms with Gasteiger partial charge in [-0.15, -0.1) is 0 Å². The van der Waals surface area contributed by atoms with Gasteiger partial charge in [-0.3, -0.25) is 0 Å². The Bertz CT molecular complexity index is 992. The number of aryl methyl sites for hydroxylation is 2. The molecule has 3 aliphatic rings. The number of likely N-dealkylation sites (tertiary alicyclic amines) is 1. The first-order valence-corrected chi connectivity index (χ1v) is 11.2. The monoisotopic (exact) mass is 406 g/mol. The summed E-state index contributed by atoms with van der Waals surface area (Å²) < 4.78 is 12.5. The van der Waals surface area contributed by atoms with E-state index in [1.54, 1.807) is 12.0 Å². The molecule has 0 amide bonds. The van der Waals surface area contributed by atoms with Gasteiger partial charge in [-0.25, -0.2) is 5.01 Å². The average Bonchev–Trinajstić information content (AvgIpc) is 3.22. The van der Waals surface area contributed by atoms with E-state index in [1.165, 1.54) is 28.0 Å². The van der Waals surface area contributed by atoms with Gasteiger partial charge in [0.1, 0.15) is 0 Å². The predicted octanol–water partition coefficient (Wildman–Crippen LogP) is 3.25. The Labute approximate surface area is 179 Å². The van der Waals surface area contributed by atoms with Crippen molar-refractivity contribution in [3.8, 4) is 11.5 Å². The largest absolute Gasteiger partial charge is 0.493 e. The van der Waals surface area contributed by atoms with Gasteiger partial charge in [0.2, 0.25) is 5.72 Å². The van der Waals surface area contributed by atoms with Crippen molar-refractivity contribution in [3.63, 3.8) is 0 Å². The van der Waals surface area contributed by atoms with Crippen LogP contribution >= 0.6 is 0 Å². The molecule has 0 unspecified atom stereocenters. The van der Waals surface area contributed by atoms with Crippen LogP contribution in [0.5, 0.6) is 11.5 Å². The Kier molecular flexibility index (Phi) is 4.73. The van der Waals surface area contributed by atoms with Gasteiger partial charge in [0.15, 0.2) is 11.5 Å². The second kappa shape index (κ2) is 7.31. The SMILES string of the molecule is CC[NH+]1CCC2(CC1)Oc1c(OC)cccc1[C@@H]1CC(c3cc(C)ccc3C)=NN12. The van der Waals surface area contributed by atoms with Crippen molar-refractivity contribution in [3.05, 3.63) is 58.7 Å². The van der Waals surface area contributed by atoms with E-state index in [0.717, 1.165) is 50.4 Å². The zero-order chi connectivity index (χ0) is 20.9. The van der Waals surface area contributed by atoms with Crippen molar-refractivity contribution in [1.29, 1.82) is 0 Å². The van der Waals surface area contributed by atoms with Crippen LogP contribution in [0, 0.1) is 13.8 Å². The Morgan fingerprint density at radius 3 is 2.73 bits per heavy atom. The number of para-hydroxylation sites is 1. The lowest BCUT2D eigenvalue weighted by Gasteiger charge is -2.50. The number of benzene rings is 2. The molecule has 5 nitrogen and oxygen atoms in total. The highest BCUT2D eigenvalue weighted by Gasteiger charge is 2.53. The normalized spacial score (nSPS) is 27.3. The molecule has 30 heavy (non-hydrogen) atoms. The number of rotatable bonds is 3. The summed E-state index contributed by atoms with van der Waals surface area (Å²) in [6.07, 6.45) is 2.86. The topological polar surface area (TPSA) is 38.5 Å². The fraction of sp³-hybridized carbons (Fsp3) is 0.480. The molecule has 1 fully saturated rings.